The molecule has 1 aliphatic heterocycles. The summed E-state index contributed by atoms with van der Waals surface area (Å²) in [7, 11) is 0. The maximum atomic E-state index is 13.0. The predicted molar refractivity (Wildman–Crippen MR) is 149 cm³/mol. The van der Waals surface area contributed by atoms with Crippen LogP contribution in [0.3, 0.4) is 0 Å². The van der Waals surface area contributed by atoms with Gasteiger partial charge in [0.1, 0.15) is 11.3 Å². The Labute approximate surface area is 225 Å². The largest absolute Gasteiger partial charge is 0.460 e. The van der Waals surface area contributed by atoms with Gasteiger partial charge in [-0.3, -0.25) is 14.4 Å². The molecule has 0 saturated carbocycles. The Bertz CT molecular complexity index is 1400. The van der Waals surface area contributed by atoms with Crippen molar-refractivity contribution in [2.24, 2.45) is 0 Å². The van der Waals surface area contributed by atoms with Crippen molar-refractivity contribution in [3.8, 4) is 0 Å². The Kier molecular flexibility index (Phi) is 7.51. The first kappa shape index (κ1) is 25.7. The smallest absolute Gasteiger partial charge is 0.276 e. The minimum absolute atomic E-state index is 0.167. The van der Waals surface area contributed by atoms with E-state index in [0.29, 0.717) is 18.2 Å². The standard InChI is InChI=1S/C29H33BrN4O3/c1-18(2)27-15-21-13-23(30)14-22(28(21)37-27)17-34-19(3)12-26(32-34)29(36)31-24-6-4-20(5-7-24)16-33-10-8-25(35)9-11-33/h4-7,12-15,18,25,35H,8-11,16-17H2,1-3H3,(H,31,36). The minimum atomic E-state index is -0.237. The molecule has 2 aromatic heterocycles. The van der Waals surface area contributed by atoms with Crippen LogP contribution in [0.4, 0.5) is 5.69 Å². The first-order valence-electron chi connectivity index (χ1n) is 12.8. The molecule has 0 radical (unpaired) electrons. The molecular formula is C29H33BrN4O3. The van der Waals surface area contributed by atoms with Crippen LogP contribution in [-0.4, -0.2) is 44.9 Å². The maximum absolute atomic E-state index is 13.0. The van der Waals surface area contributed by atoms with E-state index in [2.05, 4.69) is 57.2 Å². The van der Waals surface area contributed by atoms with E-state index in [4.69, 9.17) is 4.42 Å². The zero-order chi connectivity index (χ0) is 26.1. The molecule has 0 bridgehead atoms. The number of furan rings is 1. The van der Waals surface area contributed by atoms with Crippen LogP contribution in [0, 0.1) is 6.92 Å². The molecule has 1 amide bonds. The van der Waals surface area contributed by atoms with E-state index < -0.39 is 0 Å². The number of hydrogen-bond donors (Lipinski definition) is 2. The van der Waals surface area contributed by atoms with E-state index >= 15 is 0 Å². The fourth-order valence-electron chi connectivity index (χ4n) is 4.77. The van der Waals surface area contributed by atoms with Gasteiger partial charge in [-0.2, -0.15) is 5.10 Å². The van der Waals surface area contributed by atoms with Crippen LogP contribution in [0.5, 0.6) is 0 Å². The first-order valence-corrected chi connectivity index (χ1v) is 13.6. The van der Waals surface area contributed by atoms with Crippen LogP contribution in [0.15, 0.2) is 57.4 Å². The van der Waals surface area contributed by atoms with Crippen LogP contribution < -0.4 is 5.32 Å². The van der Waals surface area contributed by atoms with Crippen molar-refractivity contribution < 1.29 is 14.3 Å². The summed E-state index contributed by atoms with van der Waals surface area (Å²) in [6.45, 7) is 9.35. The zero-order valence-electron chi connectivity index (χ0n) is 21.5. The molecule has 1 fully saturated rings. The van der Waals surface area contributed by atoms with Gasteiger partial charge in [-0.05, 0) is 61.7 Å². The molecule has 1 saturated heterocycles. The quantitative estimate of drug-likeness (QED) is 0.284. The van der Waals surface area contributed by atoms with E-state index in [1.54, 1.807) is 0 Å². The summed E-state index contributed by atoms with van der Waals surface area (Å²) in [5.41, 5.74) is 5.06. The lowest BCUT2D eigenvalue weighted by Gasteiger charge is -2.29. The Hall–Kier alpha value is -2.94. The van der Waals surface area contributed by atoms with Crippen molar-refractivity contribution in [3.05, 3.63) is 81.3 Å². The number of piperidine rings is 1. The number of anilines is 1. The highest BCUT2D eigenvalue weighted by atomic mass is 79.9. The van der Waals surface area contributed by atoms with Gasteiger partial charge in [0.2, 0.25) is 0 Å². The van der Waals surface area contributed by atoms with E-state index in [1.165, 1.54) is 5.56 Å². The number of rotatable bonds is 7. The van der Waals surface area contributed by atoms with Crippen LogP contribution >= 0.6 is 15.9 Å². The lowest BCUT2D eigenvalue weighted by Crippen LogP contribution is -2.35. The molecule has 7 nitrogen and oxygen atoms in total. The molecule has 4 aromatic rings. The van der Waals surface area contributed by atoms with E-state index in [9.17, 15) is 9.90 Å². The number of halogens is 1. The van der Waals surface area contributed by atoms with Gasteiger partial charge in [0.15, 0.2) is 5.69 Å². The molecule has 2 aromatic carbocycles. The summed E-state index contributed by atoms with van der Waals surface area (Å²) < 4.78 is 8.99. The number of nitrogens with one attached hydrogen (secondary N) is 1. The van der Waals surface area contributed by atoms with Crippen molar-refractivity contribution in [3.63, 3.8) is 0 Å². The molecule has 2 N–H and O–H groups in total. The summed E-state index contributed by atoms with van der Waals surface area (Å²) in [6, 6.07) is 15.9. The highest BCUT2D eigenvalue weighted by molar-refractivity contribution is 9.10. The number of hydrogen-bond acceptors (Lipinski definition) is 5. The molecular weight excluding hydrogens is 532 g/mol. The number of likely N-dealkylation sites (tertiary alicyclic amines) is 1. The topological polar surface area (TPSA) is 83.5 Å². The lowest BCUT2D eigenvalue weighted by molar-refractivity contribution is 0.0792. The highest BCUT2D eigenvalue weighted by Gasteiger charge is 2.18. The van der Waals surface area contributed by atoms with Gasteiger partial charge >= 0.3 is 0 Å². The number of nitrogens with zero attached hydrogens (tertiary/aromatic N) is 3. The Morgan fingerprint density at radius 1 is 1.14 bits per heavy atom. The number of carbonyl (C=O) groups excluding carboxylic acids is 1. The summed E-state index contributed by atoms with van der Waals surface area (Å²) in [5.74, 6) is 1.01. The van der Waals surface area contributed by atoms with E-state index in [-0.39, 0.29) is 12.0 Å². The number of aliphatic hydroxyl groups excluding tert-OH is 1. The lowest BCUT2D eigenvalue weighted by atomic mass is 10.1. The summed E-state index contributed by atoms with van der Waals surface area (Å²) in [6.07, 6.45) is 1.49. The van der Waals surface area contributed by atoms with Crippen LogP contribution in [-0.2, 0) is 13.1 Å². The second-order valence-electron chi connectivity index (χ2n) is 10.3. The molecule has 3 heterocycles. The third-order valence-electron chi connectivity index (χ3n) is 6.96. The highest BCUT2D eigenvalue weighted by Crippen LogP contribution is 2.31. The molecule has 194 valence electrons. The van der Waals surface area contributed by atoms with Gasteiger partial charge in [0, 0.05) is 52.4 Å². The number of amides is 1. The van der Waals surface area contributed by atoms with Crippen molar-refractivity contribution >= 4 is 38.5 Å². The maximum Gasteiger partial charge on any atom is 0.276 e. The van der Waals surface area contributed by atoms with Crippen molar-refractivity contribution in [2.75, 3.05) is 18.4 Å². The Balaban J connectivity index is 1.26. The number of fused-ring (bicyclic) bond motifs is 1. The molecule has 0 spiro atoms. The molecule has 37 heavy (non-hydrogen) atoms. The van der Waals surface area contributed by atoms with E-state index in [1.807, 2.05) is 48.0 Å². The number of aliphatic hydroxyl groups is 1. The van der Waals surface area contributed by atoms with Crippen LogP contribution in [0.1, 0.15) is 65.7 Å². The van der Waals surface area contributed by atoms with Crippen molar-refractivity contribution in [1.82, 2.24) is 14.7 Å². The minimum Gasteiger partial charge on any atom is -0.460 e. The third kappa shape index (κ3) is 5.98. The second kappa shape index (κ2) is 10.8. The Morgan fingerprint density at radius 3 is 2.57 bits per heavy atom. The van der Waals surface area contributed by atoms with Gasteiger partial charge in [-0.25, -0.2) is 0 Å². The molecule has 8 heteroatoms. The van der Waals surface area contributed by atoms with Gasteiger partial charge in [0.05, 0.1) is 12.6 Å². The van der Waals surface area contributed by atoms with Gasteiger partial charge < -0.3 is 14.8 Å². The van der Waals surface area contributed by atoms with Crippen molar-refractivity contribution in [1.29, 1.82) is 0 Å². The number of benzene rings is 2. The van der Waals surface area contributed by atoms with Gasteiger partial charge in [0.25, 0.3) is 5.91 Å². The fraction of sp³-hybridized carbons (Fsp3) is 0.379. The normalized spacial score (nSPS) is 15.1. The number of carbonyl (C=O) groups is 1. The number of aromatic nitrogens is 2. The molecule has 0 unspecified atom stereocenters. The van der Waals surface area contributed by atoms with Gasteiger partial charge in [-0.1, -0.05) is 41.9 Å². The fourth-order valence-corrected chi connectivity index (χ4v) is 5.30. The first-order chi connectivity index (χ1) is 17.7. The van der Waals surface area contributed by atoms with Gasteiger partial charge in [-0.15, -0.1) is 0 Å². The molecule has 5 rings (SSSR count). The van der Waals surface area contributed by atoms with Crippen LogP contribution in [0.2, 0.25) is 0 Å². The summed E-state index contributed by atoms with van der Waals surface area (Å²) in [4.78, 5) is 15.3. The molecule has 0 atom stereocenters. The van der Waals surface area contributed by atoms with Crippen molar-refractivity contribution in [2.45, 2.75) is 58.7 Å². The summed E-state index contributed by atoms with van der Waals surface area (Å²) >= 11 is 3.61. The van der Waals surface area contributed by atoms with Crippen LogP contribution in [0.25, 0.3) is 11.0 Å². The number of aryl methyl sites for hydroxylation is 1. The second-order valence-corrected chi connectivity index (χ2v) is 11.2. The zero-order valence-corrected chi connectivity index (χ0v) is 23.1. The predicted octanol–water partition coefficient (Wildman–Crippen LogP) is 6.08. The average Bonchev–Trinajstić information content (AvgIpc) is 3.46. The monoisotopic (exact) mass is 564 g/mol. The molecule has 0 aliphatic carbocycles. The third-order valence-corrected chi connectivity index (χ3v) is 7.41. The Morgan fingerprint density at radius 2 is 1.86 bits per heavy atom. The average molecular weight is 566 g/mol. The molecule has 1 aliphatic rings. The van der Waals surface area contributed by atoms with E-state index in [0.717, 1.165) is 70.6 Å². The SMILES string of the molecule is Cc1cc(C(=O)Nc2ccc(CN3CCC(O)CC3)cc2)nn1Cc1cc(Br)cc2cc(C(C)C)oc12. The summed E-state index contributed by atoms with van der Waals surface area (Å²) in [5, 5.41) is 18.3.